The molecule has 2 aromatic heterocycles. The molecule has 0 amide bonds. The summed E-state index contributed by atoms with van der Waals surface area (Å²) in [5, 5.41) is 4.25. The smallest absolute Gasteiger partial charge is 0.119 e. The number of methoxy groups -OCH3 is 1. The SMILES string of the molecule is C#Cc1ccc(C(C)C)cc1.C#Cc1ccc2cc(OC)ccc2c1.C#Cc1ccccc1.C#Cc1cccnc1.C#Cc1cccs1.Cc1cc(C#Cc2ccc(C(C)(C)C)cc2)ccc1N.Cc1cc(C#Cc2ccccc2)ccc1N.Cc1cc(I)ccc1N. The van der Waals surface area contributed by atoms with E-state index in [0.717, 1.165) is 99.7 Å². The number of hydrogen-bond donors (Lipinski definition) is 3. The molecule has 2 heterocycles. The maximum absolute atomic E-state index is 5.81. The van der Waals surface area contributed by atoms with Gasteiger partial charge in [0.05, 0.1) is 12.0 Å². The normalized spacial score (nSPS) is 9.40. The molecule has 0 aliphatic heterocycles. The third-order valence-electron chi connectivity index (χ3n) is 13.4. The van der Waals surface area contributed by atoms with Crippen LogP contribution in [0.1, 0.15) is 118 Å². The van der Waals surface area contributed by atoms with Crippen LogP contribution in [0.2, 0.25) is 0 Å². The van der Waals surface area contributed by atoms with Crippen molar-refractivity contribution in [2.24, 2.45) is 0 Å². The van der Waals surface area contributed by atoms with E-state index in [4.69, 9.17) is 54.1 Å². The van der Waals surface area contributed by atoms with Crippen molar-refractivity contribution in [3.05, 3.63) is 323 Å². The van der Waals surface area contributed by atoms with Gasteiger partial charge in [0.1, 0.15) is 5.75 Å². The molecule has 9 aromatic carbocycles. The number of aryl methyl sites for hydroxylation is 3. The number of ether oxygens (including phenoxy) is 1. The summed E-state index contributed by atoms with van der Waals surface area (Å²) in [4.78, 5) is 4.81. The number of halogens is 1. The van der Waals surface area contributed by atoms with Crippen molar-refractivity contribution < 1.29 is 4.74 Å². The molecule has 5 nitrogen and oxygen atoms in total. The first-order chi connectivity index (χ1) is 44.7. The molecule has 11 aromatic rings. The van der Waals surface area contributed by atoms with Crippen molar-refractivity contribution in [1.82, 2.24) is 4.98 Å². The molecule has 0 atom stereocenters. The molecule has 0 saturated carbocycles. The number of rotatable bonds is 2. The van der Waals surface area contributed by atoms with Crippen LogP contribution in [-0.4, -0.2) is 12.1 Å². The first-order valence-electron chi connectivity index (χ1n) is 29.6. The van der Waals surface area contributed by atoms with E-state index >= 15 is 0 Å². The van der Waals surface area contributed by atoms with Gasteiger partial charge in [0.2, 0.25) is 0 Å². The lowest BCUT2D eigenvalue weighted by Gasteiger charge is -2.18. The van der Waals surface area contributed by atoms with Crippen LogP contribution < -0.4 is 21.9 Å². The quantitative estimate of drug-likeness (QED) is 0.0910. The number of hydrogen-bond acceptors (Lipinski definition) is 6. The van der Waals surface area contributed by atoms with Gasteiger partial charge >= 0.3 is 0 Å². The number of anilines is 3. The lowest BCUT2D eigenvalue weighted by Crippen LogP contribution is -2.10. The second kappa shape index (κ2) is 40.6. The van der Waals surface area contributed by atoms with Gasteiger partial charge in [0.25, 0.3) is 0 Å². The molecule has 0 spiro atoms. The summed E-state index contributed by atoms with van der Waals surface area (Å²) in [6.07, 6.45) is 29.1. The Bertz CT molecular complexity index is 4380. The lowest BCUT2D eigenvalue weighted by molar-refractivity contribution is 0.415. The van der Waals surface area contributed by atoms with Crippen molar-refractivity contribution in [2.75, 3.05) is 24.3 Å². The molecular formula is C86H79IN4OS. The number of aromatic nitrogens is 1. The van der Waals surface area contributed by atoms with Gasteiger partial charge in [-0.3, -0.25) is 4.98 Å². The van der Waals surface area contributed by atoms with Crippen molar-refractivity contribution in [2.45, 2.75) is 66.7 Å². The minimum Gasteiger partial charge on any atom is -0.497 e. The van der Waals surface area contributed by atoms with Crippen LogP contribution in [0.3, 0.4) is 0 Å². The molecule has 0 aliphatic carbocycles. The van der Waals surface area contributed by atoms with Gasteiger partial charge in [-0.2, -0.15) is 0 Å². The zero-order chi connectivity index (χ0) is 68.0. The first-order valence-corrected chi connectivity index (χ1v) is 31.6. The number of fused-ring (bicyclic) bond motifs is 1. The third-order valence-corrected chi connectivity index (χ3v) is 14.9. The van der Waals surface area contributed by atoms with Gasteiger partial charge < -0.3 is 21.9 Å². The van der Waals surface area contributed by atoms with Gasteiger partial charge in [0, 0.05) is 77.5 Å². The summed E-state index contributed by atoms with van der Waals surface area (Å²) in [7, 11) is 1.66. The van der Waals surface area contributed by atoms with Crippen molar-refractivity contribution in [3.63, 3.8) is 0 Å². The minimum absolute atomic E-state index is 0.181. The molecular weight excluding hydrogens is 1260 g/mol. The fourth-order valence-corrected chi connectivity index (χ4v) is 8.93. The Balaban J connectivity index is 0.000000232. The topological polar surface area (TPSA) is 100 Å². The highest BCUT2D eigenvalue weighted by Crippen LogP contribution is 2.24. The van der Waals surface area contributed by atoms with Gasteiger partial charge in [-0.25, -0.2) is 0 Å². The van der Waals surface area contributed by atoms with Crippen LogP contribution in [0, 0.1) is 110 Å². The minimum atomic E-state index is 0.181. The number of terminal acetylenes is 5. The number of nitrogens with zero attached hydrogens (tertiary/aromatic N) is 1. The Morgan fingerprint density at radius 1 is 0.441 bits per heavy atom. The summed E-state index contributed by atoms with van der Waals surface area (Å²) < 4.78 is 6.37. The fourth-order valence-electron chi connectivity index (χ4n) is 7.76. The predicted molar refractivity (Wildman–Crippen MR) is 409 cm³/mol. The summed E-state index contributed by atoms with van der Waals surface area (Å²) in [5.41, 5.74) is 33.4. The van der Waals surface area contributed by atoms with E-state index in [9.17, 15) is 0 Å². The monoisotopic (exact) mass is 1340 g/mol. The van der Waals surface area contributed by atoms with Gasteiger partial charge in [-0.05, 0) is 244 Å². The average Bonchev–Trinajstić information content (AvgIpc) is 1.55. The maximum Gasteiger partial charge on any atom is 0.119 e. The zero-order valence-electron chi connectivity index (χ0n) is 54.4. The Hall–Kier alpha value is -11.1. The van der Waals surface area contributed by atoms with Crippen LogP contribution in [0.5, 0.6) is 5.75 Å². The number of benzene rings is 9. The summed E-state index contributed by atoms with van der Waals surface area (Å²) >= 11 is 3.85. The van der Waals surface area contributed by atoms with Crippen molar-refractivity contribution in [3.8, 4) is 91.2 Å². The zero-order valence-corrected chi connectivity index (χ0v) is 57.4. The number of pyridine rings is 1. The molecule has 7 heteroatoms. The van der Waals surface area contributed by atoms with Gasteiger partial charge in [0.15, 0.2) is 0 Å². The van der Waals surface area contributed by atoms with Crippen LogP contribution in [-0.2, 0) is 5.41 Å². The van der Waals surface area contributed by atoms with Gasteiger partial charge in [-0.1, -0.05) is 167 Å². The van der Waals surface area contributed by atoms with E-state index in [1.807, 2.05) is 208 Å². The highest BCUT2D eigenvalue weighted by atomic mass is 127. The second-order valence-electron chi connectivity index (χ2n) is 21.8. The lowest BCUT2D eigenvalue weighted by atomic mass is 9.87. The van der Waals surface area contributed by atoms with E-state index < -0.39 is 0 Å². The Kier molecular flexibility index (Phi) is 32.4. The standard InChI is InChI=1S/C19H21N.C15H13N.C13H10O.C11H12.C8H6.C7H8IN.C7H5N.C6H4S/c1-14-13-16(9-12-18(14)20)6-5-15-7-10-17(11-8-15)19(2,3)4;1-12-11-14(9-10-15(12)16)8-7-13-5-3-2-4-6-13;1-3-10-4-5-12-9-13(14-2)7-6-11(12)8-10;1-4-10-5-7-11(8-6-10)9(2)3;1-2-8-6-4-3-5-7-8;1-5-4-6(8)2-3-7(5)9;1-2-7-4-3-5-8-6-7;1-2-6-4-3-5-7-6/h7-13H,20H2,1-4H3;2-6,9-11H,16H2,1H3;1,4-9H,2H3;1,5-9H,2-3H3;1,3-7H;2-4H,9H2,1H3;1,3-6H;1,3-5H. The number of thiophene rings is 1. The molecule has 0 bridgehead atoms. The molecule has 6 N–H and O–H groups in total. The highest BCUT2D eigenvalue weighted by Gasteiger charge is 2.12. The van der Waals surface area contributed by atoms with E-state index in [0.29, 0.717) is 5.92 Å². The molecule has 462 valence electrons. The largest absolute Gasteiger partial charge is 0.497 e. The van der Waals surface area contributed by atoms with Crippen LogP contribution in [0.15, 0.2) is 242 Å². The highest BCUT2D eigenvalue weighted by molar-refractivity contribution is 14.1. The molecule has 11 rings (SSSR count). The summed E-state index contributed by atoms with van der Waals surface area (Å²) in [5.74, 6) is 26.8. The van der Waals surface area contributed by atoms with Crippen LogP contribution in [0.25, 0.3) is 10.8 Å². The average molecular weight is 1340 g/mol. The summed E-state index contributed by atoms with van der Waals surface area (Å²) in [6, 6.07) is 73.3. The maximum atomic E-state index is 5.81. The van der Waals surface area contributed by atoms with E-state index in [2.05, 4.69) is 158 Å². The van der Waals surface area contributed by atoms with E-state index in [-0.39, 0.29) is 5.41 Å². The molecule has 93 heavy (non-hydrogen) atoms. The molecule has 0 fully saturated rings. The third kappa shape index (κ3) is 28.5. The van der Waals surface area contributed by atoms with Crippen molar-refractivity contribution in [1.29, 1.82) is 0 Å². The predicted octanol–water partition coefficient (Wildman–Crippen LogP) is 19.5. The number of nitrogen functional groups attached to an aromatic ring is 3. The second-order valence-corrected chi connectivity index (χ2v) is 24.0. The Labute approximate surface area is 572 Å². The Morgan fingerprint density at radius 2 is 0.882 bits per heavy atom. The van der Waals surface area contributed by atoms with E-state index in [1.54, 1.807) is 30.8 Å². The van der Waals surface area contributed by atoms with Crippen molar-refractivity contribution >= 4 is 61.8 Å². The fraction of sp³-hybridized carbons (Fsp3) is 0.128. The molecule has 0 saturated heterocycles. The van der Waals surface area contributed by atoms with E-state index in [1.165, 1.54) is 14.7 Å². The first kappa shape index (κ1) is 74.4. The molecule has 0 aliphatic rings. The van der Waals surface area contributed by atoms with Gasteiger partial charge in [-0.15, -0.1) is 43.5 Å². The number of nitrogens with two attached hydrogens (primary N) is 3. The molecule has 0 radical (unpaired) electrons. The summed E-state index contributed by atoms with van der Waals surface area (Å²) in [6.45, 7) is 17.0. The molecule has 0 unspecified atom stereocenters. The Morgan fingerprint density at radius 3 is 1.29 bits per heavy atom. The van der Waals surface area contributed by atoms with Crippen LogP contribution >= 0.6 is 33.9 Å². The van der Waals surface area contributed by atoms with Crippen LogP contribution in [0.4, 0.5) is 17.1 Å².